The van der Waals surface area contributed by atoms with Crippen molar-refractivity contribution >= 4 is 11.6 Å². The van der Waals surface area contributed by atoms with E-state index in [9.17, 15) is 14.7 Å². The number of carbonyl (C=O) groups excluding carboxylic acids is 1. The first-order chi connectivity index (χ1) is 9.88. The number of aromatic nitrogens is 2. The third-order valence-electron chi connectivity index (χ3n) is 3.48. The Balaban J connectivity index is 2.02. The van der Waals surface area contributed by atoms with Crippen molar-refractivity contribution < 1.29 is 9.90 Å². The molecule has 1 aromatic heterocycles. The Hall–Kier alpha value is -2.50. The van der Waals surface area contributed by atoms with Gasteiger partial charge in [-0.2, -0.15) is 0 Å². The van der Waals surface area contributed by atoms with Gasteiger partial charge in [-0.15, -0.1) is 0 Å². The number of nitrogens with zero attached hydrogens (tertiary/aromatic N) is 1. The van der Waals surface area contributed by atoms with Gasteiger partial charge in [0.25, 0.3) is 0 Å². The molecule has 0 fully saturated rings. The van der Waals surface area contributed by atoms with E-state index in [-0.39, 0.29) is 23.8 Å². The number of phenols is 1. The van der Waals surface area contributed by atoms with Crippen LogP contribution in [-0.2, 0) is 11.3 Å². The smallest absolute Gasteiger partial charge is 0.325 e. The van der Waals surface area contributed by atoms with Gasteiger partial charge in [-0.3, -0.25) is 9.36 Å². The lowest BCUT2D eigenvalue weighted by molar-refractivity contribution is -0.116. The first-order valence-electron chi connectivity index (χ1n) is 6.74. The largest absolute Gasteiger partial charge is 0.506 e. The van der Waals surface area contributed by atoms with Gasteiger partial charge in [0, 0.05) is 24.4 Å². The number of carbonyl (C=O) groups is 1. The summed E-state index contributed by atoms with van der Waals surface area (Å²) in [4.78, 5) is 26.3. The van der Waals surface area contributed by atoms with Crippen LogP contribution in [0.2, 0.25) is 0 Å². The molecule has 2 rings (SSSR count). The Labute approximate surface area is 122 Å². The van der Waals surface area contributed by atoms with Gasteiger partial charge in [0.1, 0.15) is 5.75 Å². The van der Waals surface area contributed by atoms with Gasteiger partial charge in [0.05, 0.1) is 5.69 Å². The van der Waals surface area contributed by atoms with E-state index in [4.69, 9.17) is 0 Å². The quantitative estimate of drug-likeness (QED) is 0.750. The average Bonchev–Trinajstić information content (AvgIpc) is 2.66. The predicted octanol–water partition coefficient (Wildman–Crippen LogP) is 1.84. The number of aromatic hydroxyl groups is 1. The van der Waals surface area contributed by atoms with Gasteiger partial charge in [-0.1, -0.05) is 6.07 Å². The summed E-state index contributed by atoms with van der Waals surface area (Å²) in [6.07, 6.45) is 0.158. The van der Waals surface area contributed by atoms with Gasteiger partial charge >= 0.3 is 5.69 Å². The number of rotatable bonds is 4. The van der Waals surface area contributed by atoms with Crippen LogP contribution >= 0.6 is 0 Å². The van der Waals surface area contributed by atoms with Crippen LogP contribution in [0, 0.1) is 20.8 Å². The number of phenolic OH excluding ortho intramolecular Hbond substituents is 1. The van der Waals surface area contributed by atoms with Gasteiger partial charge in [0.15, 0.2) is 0 Å². The minimum atomic E-state index is -0.249. The van der Waals surface area contributed by atoms with E-state index in [2.05, 4.69) is 10.3 Å². The molecule has 2 aromatic rings. The highest BCUT2D eigenvalue weighted by Gasteiger charge is 2.10. The number of amides is 1. The minimum absolute atomic E-state index is 0.0276. The number of benzene rings is 1. The van der Waals surface area contributed by atoms with Gasteiger partial charge < -0.3 is 15.4 Å². The fraction of sp³-hybridized carbons (Fsp3) is 0.333. The SMILES string of the molecule is Cc1ccc(O)c(NC(=O)CCn2c(C)c(C)[nH]c2=O)c1. The highest BCUT2D eigenvalue weighted by Crippen LogP contribution is 2.23. The van der Waals surface area contributed by atoms with E-state index in [1.807, 2.05) is 20.8 Å². The molecule has 0 aliphatic rings. The third kappa shape index (κ3) is 3.34. The molecule has 0 atom stereocenters. The highest BCUT2D eigenvalue weighted by molar-refractivity contribution is 5.92. The van der Waals surface area contributed by atoms with Crippen LogP contribution in [0.15, 0.2) is 23.0 Å². The molecule has 0 aliphatic heterocycles. The lowest BCUT2D eigenvalue weighted by atomic mass is 10.2. The summed E-state index contributed by atoms with van der Waals surface area (Å²) in [5.41, 5.74) is 2.74. The molecule has 0 radical (unpaired) electrons. The number of hydrogen-bond acceptors (Lipinski definition) is 3. The molecule has 0 saturated heterocycles. The average molecular weight is 289 g/mol. The van der Waals surface area contributed by atoms with Gasteiger partial charge in [0.2, 0.25) is 5.91 Å². The Kier molecular flexibility index (Phi) is 4.16. The zero-order valence-electron chi connectivity index (χ0n) is 12.4. The molecule has 1 aromatic carbocycles. The normalized spacial score (nSPS) is 10.6. The van der Waals surface area contributed by atoms with Crippen LogP contribution in [0.4, 0.5) is 5.69 Å². The van der Waals surface area contributed by atoms with Gasteiger partial charge in [-0.25, -0.2) is 4.79 Å². The zero-order chi connectivity index (χ0) is 15.6. The molecular weight excluding hydrogens is 270 g/mol. The summed E-state index contributed by atoms with van der Waals surface area (Å²) < 4.78 is 1.53. The highest BCUT2D eigenvalue weighted by atomic mass is 16.3. The first-order valence-corrected chi connectivity index (χ1v) is 6.74. The molecule has 6 heteroatoms. The van der Waals surface area contributed by atoms with Crippen LogP contribution in [0.25, 0.3) is 0 Å². The number of hydrogen-bond donors (Lipinski definition) is 3. The van der Waals surface area contributed by atoms with Crippen molar-refractivity contribution in [1.82, 2.24) is 9.55 Å². The van der Waals surface area contributed by atoms with E-state index in [0.29, 0.717) is 12.2 Å². The molecule has 1 amide bonds. The number of anilines is 1. The second kappa shape index (κ2) is 5.87. The second-order valence-corrected chi connectivity index (χ2v) is 5.11. The van der Waals surface area contributed by atoms with Crippen molar-refractivity contribution in [3.8, 4) is 5.75 Å². The third-order valence-corrected chi connectivity index (χ3v) is 3.48. The summed E-state index contributed by atoms with van der Waals surface area (Å²) >= 11 is 0. The minimum Gasteiger partial charge on any atom is -0.506 e. The molecule has 0 unspecified atom stereocenters. The molecular formula is C15H19N3O3. The summed E-state index contributed by atoms with van der Waals surface area (Å²) in [6, 6.07) is 5.00. The van der Waals surface area contributed by atoms with E-state index in [0.717, 1.165) is 17.0 Å². The Morgan fingerprint density at radius 3 is 2.67 bits per heavy atom. The summed E-state index contributed by atoms with van der Waals surface area (Å²) in [5, 5.41) is 12.3. The molecule has 21 heavy (non-hydrogen) atoms. The lowest BCUT2D eigenvalue weighted by Gasteiger charge is -2.09. The number of H-pyrrole nitrogens is 1. The Morgan fingerprint density at radius 2 is 2.05 bits per heavy atom. The van der Waals surface area contributed by atoms with Crippen molar-refractivity contribution in [3.05, 3.63) is 45.6 Å². The maximum atomic E-state index is 11.9. The predicted molar refractivity (Wildman–Crippen MR) is 80.6 cm³/mol. The zero-order valence-corrected chi connectivity index (χ0v) is 12.4. The van der Waals surface area contributed by atoms with E-state index in [1.165, 1.54) is 10.6 Å². The van der Waals surface area contributed by atoms with E-state index >= 15 is 0 Å². The number of nitrogens with one attached hydrogen (secondary N) is 2. The van der Waals surface area contributed by atoms with Crippen molar-refractivity contribution in [2.75, 3.05) is 5.32 Å². The van der Waals surface area contributed by atoms with Crippen LogP contribution < -0.4 is 11.0 Å². The number of aryl methyl sites for hydroxylation is 2. The Morgan fingerprint density at radius 1 is 1.33 bits per heavy atom. The van der Waals surface area contributed by atoms with Crippen molar-refractivity contribution in [2.45, 2.75) is 33.7 Å². The molecule has 6 nitrogen and oxygen atoms in total. The fourth-order valence-electron chi connectivity index (χ4n) is 2.12. The van der Waals surface area contributed by atoms with Gasteiger partial charge in [-0.05, 0) is 38.5 Å². The van der Waals surface area contributed by atoms with Crippen molar-refractivity contribution in [2.24, 2.45) is 0 Å². The van der Waals surface area contributed by atoms with Crippen molar-refractivity contribution in [1.29, 1.82) is 0 Å². The topological polar surface area (TPSA) is 87.1 Å². The summed E-state index contributed by atoms with van der Waals surface area (Å²) in [7, 11) is 0. The van der Waals surface area contributed by atoms with Crippen LogP contribution in [0.1, 0.15) is 23.4 Å². The monoisotopic (exact) mass is 289 g/mol. The molecule has 0 aliphatic carbocycles. The molecule has 112 valence electrons. The molecule has 0 spiro atoms. The van der Waals surface area contributed by atoms with Crippen LogP contribution in [0.3, 0.4) is 0 Å². The van der Waals surface area contributed by atoms with E-state index in [1.54, 1.807) is 12.1 Å². The van der Waals surface area contributed by atoms with Crippen LogP contribution in [-0.4, -0.2) is 20.6 Å². The molecule has 3 N–H and O–H groups in total. The molecule has 0 bridgehead atoms. The van der Waals surface area contributed by atoms with Crippen molar-refractivity contribution in [3.63, 3.8) is 0 Å². The maximum Gasteiger partial charge on any atom is 0.325 e. The second-order valence-electron chi connectivity index (χ2n) is 5.11. The number of aromatic amines is 1. The summed E-state index contributed by atoms with van der Waals surface area (Å²) in [6.45, 7) is 5.82. The fourth-order valence-corrected chi connectivity index (χ4v) is 2.12. The first kappa shape index (κ1) is 14.9. The standard InChI is InChI=1S/C15H19N3O3/c1-9-4-5-13(19)12(8-9)17-14(20)6-7-18-11(3)10(2)16-15(18)21/h4-5,8,19H,6-7H2,1-3H3,(H,16,21)(H,17,20). The lowest BCUT2D eigenvalue weighted by Crippen LogP contribution is -2.22. The summed E-state index contributed by atoms with van der Waals surface area (Å²) in [5.74, 6) is -0.221. The maximum absolute atomic E-state index is 11.9. The molecule has 1 heterocycles. The Bertz CT molecular complexity index is 728. The number of imidazole rings is 1. The van der Waals surface area contributed by atoms with E-state index < -0.39 is 0 Å². The molecule has 0 saturated carbocycles. The van der Waals surface area contributed by atoms with Crippen LogP contribution in [0.5, 0.6) is 5.75 Å².